The van der Waals surface area contributed by atoms with E-state index in [-0.39, 0.29) is 17.6 Å². The van der Waals surface area contributed by atoms with Crippen LogP contribution in [-0.2, 0) is 17.6 Å². The van der Waals surface area contributed by atoms with Crippen LogP contribution < -0.4 is 0 Å². The van der Waals surface area contributed by atoms with Gasteiger partial charge in [0.1, 0.15) is 0 Å². The predicted octanol–water partition coefficient (Wildman–Crippen LogP) is 6.92. The van der Waals surface area contributed by atoms with Gasteiger partial charge in [-0.2, -0.15) is 0 Å². The molecule has 0 unspecified atom stereocenters. The Balaban J connectivity index is 1.70. The molecule has 0 bridgehead atoms. The second kappa shape index (κ2) is 8.67. The van der Waals surface area contributed by atoms with Gasteiger partial charge in [0.15, 0.2) is 0 Å². The average molecular weight is 425 g/mol. The maximum atomic E-state index is 10.3. The van der Waals surface area contributed by atoms with Gasteiger partial charge in [-0.25, -0.2) is 0 Å². The van der Waals surface area contributed by atoms with E-state index in [2.05, 4.69) is 59.8 Å². The smallest absolute Gasteiger partial charge is 0.0832 e. The highest BCUT2D eigenvalue weighted by atomic mass is 16.5. The Hall–Kier alpha value is -1.12. The lowest BCUT2D eigenvalue weighted by Crippen LogP contribution is -2.38. The standard InChI is InChI=1S/C29H44O2/c1-17(2)18(3)8-9-19(4)25-12-13-26-24-14-21-10-11-22(30)15-23(21)20(5)28(24)27(31-7)16-29(25,26)6/h8-9,14,17-19,22,25-27,30H,10-13,15-16H2,1-7H3/t18-,19+,22-,25+,26-,27+,29+/m0/s1. The first-order valence-corrected chi connectivity index (χ1v) is 12.7. The lowest BCUT2D eigenvalue weighted by Gasteiger charge is -2.47. The van der Waals surface area contributed by atoms with E-state index < -0.39 is 0 Å². The summed E-state index contributed by atoms with van der Waals surface area (Å²) in [7, 11) is 1.89. The van der Waals surface area contributed by atoms with Gasteiger partial charge < -0.3 is 9.84 Å². The number of rotatable bonds is 5. The van der Waals surface area contributed by atoms with Crippen molar-refractivity contribution in [2.45, 2.75) is 98.2 Å². The third-order valence-electron chi connectivity index (χ3n) is 9.49. The minimum atomic E-state index is -0.184. The average Bonchev–Trinajstić information content (AvgIpc) is 3.08. The van der Waals surface area contributed by atoms with Gasteiger partial charge in [-0.1, -0.05) is 52.8 Å². The van der Waals surface area contributed by atoms with Crippen LogP contribution >= 0.6 is 0 Å². The zero-order valence-electron chi connectivity index (χ0n) is 20.9. The number of aliphatic hydroxyl groups excluding tert-OH is 1. The first-order chi connectivity index (χ1) is 14.7. The summed E-state index contributed by atoms with van der Waals surface area (Å²) >= 11 is 0. The number of fused-ring (bicyclic) bond motifs is 4. The van der Waals surface area contributed by atoms with Crippen LogP contribution in [-0.4, -0.2) is 18.3 Å². The lowest BCUT2D eigenvalue weighted by molar-refractivity contribution is 0.0131. The molecule has 3 aliphatic rings. The summed E-state index contributed by atoms with van der Waals surface area (Å²) in [4.78, 5) is 0. The molecule has 0 amide bonds. The Morgan fingerprint density at radius 2 is 1.87 bits per heavy atom. The SMILES string of the molecule is CO[C@@H]1C[C@]2(C)[C@@H]([C@H](C)C=C[C@H](C)C(C)C)CC[C@H]2c2cc3c(c(C)c21)C[C@@H](O)CC3. The molecule has 0 spiro atoms. The van der Waals surface area contributed by atoms with E-state index in [9.17, 15) is 5.11 Å². The van der Waals surface area contributed by atoms with Crippen LogP contribution in [0, 0.1) is 36.0 Å². The summed E-state index contributed by atoms with van der Waals surface area (Å²) in [5.41, 5.74) is 7.60. The summed E-state index contributed by atoms with van der Waals surface area (Å²) in [6.07, 6.45) is 11.4. The molecule has 2 heteroatoms. The minimum absolute atomic E-state index is 0.173. The van der Waals surface area contributed by atoms with E-state index in [0.29, 0.717) is 29.6 Å². The van der Waals surface area contributed by atoms with Crippen LogP contribution in [0.5, 0.6) is 0 Å². The molecule has 1 fully saturated rings. The molecule has 2 nitrogen and oxygen atoms in total. The van der Waals surface area contributed by atoms with Gasteiger partial charge >= 0.3 is 0 Å². The number of aryl methyl sites for hydroxylation is 1. The summed E-state index contributed by atoms with van der Waals surface area (Å²) < 4.78 is 6.17. The normalized spacial score (nSPS) is 34.5. The first-order valence-electron chi connectivity index (χ1n) is 12.7. The van der Waals surface area contributed by atoms with E-state index in [4.69, 9.17) is 4.74 Å². The Morgan fingerprint density at radius 1 is 1.13 bits per heavy atom. The van der Waals surface area contributed by atoms with Crippen molar-refractivity contribution in [2.75, 3.05) is 7.11 Å². The Labute approximate surface area is 190 Å². The number of benzene rings is 1. The summed E-state index contributed by atoms with van der Waals surface area (Å²) in [6, 6.07) is 2.53. The molecular formula is C29H44O2. The van der Waals surface area contributed by atoms with Crippen molar-refractivity contribution in [1.82, 2.24) is 0 Å². The van der Waals surface area contributed by atoms with Gasteiger partial charge in [-0.15, -0.1) is 0 Å². The molecule has 172 valence electrons. The second-order valence-electron chi connectivity index (χ2n) is 11.6. The fourth-order valence-corrected chi connectivity index (χ4v) is 7.20. The predicted molar refractivity (Wildman–Crippen MR) is 129 cm³/mol. The molecule has 4 rings (SSSR count). The highest BCUT2D eigenvalue weighted by Crippen LogP contribution is 2.64. The summed E-state index contributed by atoms with van der Waals surface area (Å²) in [6.45, 7) is 14.3. The largest absolute Gasteiger partial charge is 0.393 e. The highest BCUT2D eigenvalue weighted by molar-refractivity contribution is 5.52. The zero-order chi connectivity index (χ0) is 22.5. The van der Waals surface area contributed by atoms with Crippen molar-refractivity contribution in [3.8, 4) is 0 Å². The van der Waals surface area contributed by atoms with Crippen molar-refractivity contribution in [3.05, 3.63) is 46.0 Å². The van der Waals surface area contributed by atoms with E-state index in [1.165, 1.54) is 35.1 Å². The van der Waals surface area contributed by atoms with E-state index in [0.717, 1.165) is 25.7 Å². The molecule has 0 aliphatic heterocycles. The molecule has 0 heterocycles. The molecule has 0 aromatic heterocycles. The lowest BCUT2D eigenvalue weighted by atomic mass is 9.59. The van der Waals surface area contributed by atoms with Crippen molar-refractivity contribution >= 4 is 0 Å². The van der Waals surface area contributed by atoms with E-state index in [1.807, 2.05) is 7.11 Å². The van der Waals surface area contributed by atoms with Gasteiger partial charge in [0.2, 0.25) is 0 Å². The number of hydrogen-bond acceptors (Lipinski definition) is 2. The van der Waals surface area contributed by atoms with Gasteiger partial charge in [-0.05, 0) is 108 Å². The van der Waals surface area contributed by atoms with Crippen LogP contribution in [0.3, 0.4) is 0 Å². The quantitative estimate of drug-likeness (QED) is 0.520. The van der Waals surface area contributed by atoms with Crippen molar-refractivity contribution in [2.24, 2.45) is 29.1 Å². The van der Waals surface area contributed by atoms with E-state index in [1.54, 1.807) is 5.56 Å². The molecule has 1 N–H and O–H groups in total. The third kappa shape index (κ3) is 3.93. The van der Waals surface area contributed by atoms with Gasteiger partial charge in [0.05, 0.1) is 12.2 Å². The van der Waals surface area contributed by atoms with Gasteiger partial charge in [0.25, 0.3) is 0 Å². The van der Waals surface area contributed by atoms with Crippen molar-refractivity contribution in [1.29, 1.82) is 0 Å². The molecule has 1 aromatic carbocycles. The number of methoxy groups -OCH3 is 1. The summed E-state index contributed by atoms with van der Waals surface area (Å²) in [5, 5.41) is 10.3. The number of aliphatic hydroxyl groups is 1. The molecule has 31 heavy (non-hydrogen) atoms. The molecular weight excluding hydrogens is 380 g/mol. The molecule has 0 saturated heterocycles. The molecule has 3 aliphatic carbocycles. The molecule has 0 radical (unpaired) electrons. The van der Waals surface area contributed by atoms with Crippen molar-refractivity contribution in [3.63, 3.8) is 0 Å². The van der Waals surface area contributed by atoms with Gasteiger partial charge in [-0.3, -0.25) is 0 Å². The number of allylic oxidation sites excluding steroid dienone is 2. The van der Waals surface area contributed by atoms with Crippen LogP contribution in [0.4, 0.5) is 0 Å². The molecule has 1 saturated carbocycles. The maximum Gasteiger partial charge on any atom is 0.0832 e. The van der Waals surface area contributed by atoms with Crippen LogP contribution in [0.15, 0.2) is 18.2 Å². The highest BCUT2D eigenvalue weighted by Gasteiger charge is 2.53. The number of ether oxygens (including phenoxy) is 1. The fraction of sp³-hybridized carbons (Fsp3) is 0.724. The summed E-state index contributed by atoms with van der Waals surface area (Å²) in [5.74, 6) is 3.27. The Morgan fingerprint density at radius 3 is 2.55 bits per heavy atom. The first kappa shape index (κ1) is 23.1. The Kier molecular flexibility index (Phi) is 6.45. The van der Waals surface area contributed by atoms with Crippen LogP contribution in [0.1, 0.15) is 100 Å². The topological polar surface area (TPSA) is 29.5 Å². The minimum Gasteiger partial charge on any atom is -0.393 e. The molecule has 1 aromatic rings. The van der Waals surface area contributed by atoms with Gasteiger partial charge in [0, 0.05) is 7.11 Å². The monoisotopic (exact) mass is 424 g/mol. The van der Waals surface area contributed by atoms with Crippen molar-refractivity contribution < 1.29 is 9.84 Å². The third-order valence-corrected chi connectivity index (χ3v) is 9.49. The molecule has 7 atom stereocenters. The zero-order valence-corrected chi connectivity index (χ0v) is 20.9. The maximum absolute atomic E-state index is 10.3. The Bertz CT molecular complexity index is 838. The van der Waals surface area contributed by atoms with Crippen LogP contribution in [0.2, 0.25) is 0 Å². The van der Waals surface area contributed by atoms with Crippen LogP contribution in [0.25, 0.3) is 0 Å². The second-order valence-corrected chi connectivity index (χ2v) is 11.6. The van der Waals surface area contributed by atoms with E-state index >= 15 is 0 Å². The fourth-order valence-electron chi connectivity index (χ4n) is 7.20. The number of hydrogen-bond donors (Lipinski definition) is 1.